The second-order valence-corrected chi connectivity index (χ2v) is 5.39. The predicted molar refractivity (Wildman–Crippen MR) is 78.4 cm³/mol. The number of hydrogen-bond donors (Lipinski definition) is 1. The number of amides is 1. The van der Waals surface area contributed by atoms with Crippen molar-refractivity contribution in [2.45, 2.75) is 12.8 Å². The molecule has 21 heavy (non-hydrogen) atoms. The highest BCUT2D eigenvalue weighted by molar-refractivity contribution is 6.33. The Bertz CT molecular complexity index is 577. The van der Waals surface area contributed by atoms with E-state index in [9.17, 15) is 9.18 Å². The molecule has 0 radical (unpaired) electrons. The molecular formula is C14H15ClFN3O2. The van der Waals surface area contributed by atoms with Crippen molar-refractivity contribution in [3.05, 3.63) is 28.5 Å². The number of nitrogens with one attached hydrogen (secondary N) is 1. The summed E-state index contributed by atoms with van der Waals surface area (Å²) in [4.78, 5) is 13.0. The van der Waals surface area contributed by atoms with Gasteiger partial charge >= 0.3 is 0 Å². The van der Waals surface area contributed by atoms with E-state index in [1.807, 2.05) is 4.90 Å². The molecule has 0 aliphatic carbocycles. The average molecular weight is 312 g/mol. The zero-order valence-corrected chi connectivity index (χ0v) is 12.1. The number of benzene rings is 1. The minimum Gasteiger partial charge on any atom is -0.378 e. The minimum absolute atomic E-state index is 0.129. The van der Waals surface area contributed by atoms with Gasteiger partial charge in [0.1, 0.15) is 5.82 Å². The summed E-state index contributed by atoms with van der Waals surface area (Å²) in [5.74, 6) is -0.505. The van der Waals surface area contributed by atoms with Gasteiger partial charge in [-0.3, -0.25) is 4.79 Å². The Morgan fingerprint density at radius 1 is 1.29 bits per heavy atom. The number of nitrogens with zero attached hydrogens (tertiary/aromatic N) is 2. The van der Waals surface area contributed by atoms with E-state index < -0.39 is 0 Å². The van der Waals surface area contributed by atoms with Crippen LogP contribution < -0.4 is 10.3 Å². The molecule has 7 heteroatoms. The lowest BCUT2D eigenvalue weighted by Gasteiger charge is -2.30. The lowest BCUT2D eigenvalue weighted by atomic mass is 10.0. The summed E-state index contributed by atoms with van der Waals surface area (Å²) >= 11 is 6.25. The fourth-order valence-corrected chi connectivity index (χ4v) is 2.83. The van der Waals surface area contributed by atoms with E-state index in [0.29, 0.717) is 61.1 Å². The zero-order chi connectivity index (χ0) is 14.8. The van der Waals surface area contributed by atoms with Crippen LogP contribution in [0.15, 0.2) is 17.2 Å². The van der Waals surface area contributed by atoms with E-state index >= 15 is 0 Å². The molecule has 1 aromatic rings. The molecule has 0 aromatic heterocycles. The number of halogens is 2. The molecule has 0 unspecified atom stereocenters. The fourth-order valence-electron chi connectivity index (χ4n) is 2.50. The van der Waals surface area contributed by atoms with E-state index in [-0.39, 0.29) is 11.7 Å². The first-order valence-corrected chi connectivity index (χ1v) is 7.20. The highest BCUT2D eigenvalue weighted by Crippen LogP contribution is 2.31. The van der Waals surface area contributed by atoms with Crippen LogP contribution in [0.1, 0.15) is 18.4 Å². The lowest BCUT2D eigenvalue weighted by molar-refractivity contribution is -0.121. The van der Waals surface area contributed by atoms with Crippen molar-refractivity contribution in [1.29, 1.82) is 0 Å². The van der Waals surface area contributed by atoms with Gasteiger partial charge in [0, 0.05) is 31.5 Å². The standard InChI is InChI=1S/C14H15ClFN3O2/c15-10-7-9(12-1-2-13(20)18-17-12)8-11(16)14(10)19-3-5-21-6-4-19/h7-8H,1-6H2,(H,18,20). The monoisotopic (exact) mass is 311 g/mol. The van der Waals surface area contributed by atoms with Crippen LogP contribution in [0.4, 0.5) is 10.1 Å². The van der Waals surface area contributed by atoms with Crippen molar-refractivity contribution in [2.24, 2.45) is 5.10 Å². The SMILES string of the molecule is O=C1CCC(c2cc(F)c(N3CCOCC3)c(Cl)c2)=NN1. The van der Waals surface area contributed by atoms with Crippen LogP contribution in [-0.4, -0.2) is 37.9 Å². The summed E-state index contributed by atoms with van der Waals surface area (Å²) < 4.78 is 19.7. The van der Waals surface area contributed by atoms with E-state index in [1.165, 1.54) is 6.07 Å². The van der Waals surface area contributed by atoms with Crippen molar-refractivity contribution in [3.8, 4) is 0 Å². The number of hydrogen-bond acceptors (Lipinski definition) is 4. The molecule has 0 bridgehead atoms. The summed E-state index contributed by atoms with van der Waals surface area (Å²) in [6, 6.07) is 3.12. The fraction of sp³-hybridized carbons (Fsp3) is 0.429. The average Bonchev–Trinajstić information content (AvgIpc) is 2.48. The third kappa shape index (κ3) is 3.01. The summed E-state index contributed by atoms with van der Waals surface area (Å²) in [7, 11) is 0. The van der Waals surface area contributed by atoms with Gasteiger partial charge in [0.05, 0.1) is 29.6 Å². The van der Waals surface area contributed by atoms with Crippen molar-refractivity contribution < 1.29 is 13.9 Å². The van der Waals surface area contributed by atoms with Gasteiger partial charge in [-0.25, -0.2) is 9.82 Å². The van der Waals surface area contributed by atoms with Gasteiger partial charge in [-0.15, -0.1) is 0 Å². The molecule has 1 saturated heterocycles. The number of ether oxygens (including phenoxy) is 1. The van der Waals surface area contributed by atoms with E-state index in [0.717, 1.165) is 0 Å². The Balaban J connectivity index is 1.90. The second kappa shape index (κ2) is 5.99. The minimum atomic E-state index is -0.376. The van der Waals surface area contributed by atoms with Crippen LogP contribution in [0.25, 0.3) is 0 Å². The Kier molecular flexibility index (Phi) is 4.07. The topological polar surface area (TPSA) is 53.9 Å². The van der Waals surface area contributed by atoms with Crippen molar-refractivity contribution in [3.63, 3.8) is 0 Å². The van der Waals surface area contributed by atoms with Crippen LogP contribution in [0.5, 0.6) is 0 Å². The maximum Gasteiger partial charge on any atom is 0.240 e. The highest BCUT2D eigenvalue weighted by atomic mass is 35.5. The van der Waals surface area contributed by atoms with Gasteiger partial charge in [-0.05, 0) is 12.1 Å². The third-order valence-electron chi connectivity index (χ3n) is 3.58. The number of hydrazone groups is 1. The van der Waals surface area contributed by atoms with E-state index in [2.05, 4.69) is 10.5 Å². The van der Waals surface area contributed by atoms with Gasteiger partial charge in [-0.2, -0.15) is 5.10 Å². The third-order valence-corrected chi connectivity index (χ3v) is 3.87. The Morgan fingerprint density at radius 3 is 2.67 bits per heavy atom. The molecule has 0 spiro atoms. The first kappa shape index (κ1) is 14.3. The maximum absolute atomic E-state index is 14.4. The molecule has 0 saturated carbocycles. The van der Waals surface area contributed by atoms with Gasteiger partial charge in [-0.1, -0.05) is 11.6 Å². The molecule has 0 atom stereocenters. The van der Waals surface area contributed by atoms with E-state index in [1.54, 1.807) is 6.07 Å². The van der Waals surface area contributed by atoms with Gasteiger partial charge in [0.2, 0.25) is 5.91 Å². The molecule has 1 fully saturated rings. The Morgan fingerprint density at radius 2 is 2.05 bits per heavy atom. The second-order valence-electron chi connectivity index (χ2n) is 4.98. The van der Waals surface area contributed by atoms with Crippen molar-refractivity contribution >= 4 is 28.9 Å². The molecular weight excluding hydrogens is 297 g/mol. The molecule has 2 heterocycles. The molecule has 1 N–H and O–H groups in total. The molecule has 2 aliphatic heterocycles. The zero-order valence-electron chi connectivity index (χ0n) is 11.4. The predicted octanol–water partition coefficient (Wildman–Crippen LogP) is 1.93. The van der Waals surface area contributed by atoms with Crippen molar-refractivity contribution in [2.75, 3.05) is 31.2 Å². The van der Waals surface area contributed by atoms with Gasteiger partial charge in [0.25, 0.3) is 0 Å². The summed E-state index contributed by atoms with van der Waals surface area (Å²) in [5, 5.41) is 4.32. The summed E-state index contributed by atoms with van der Waals surface area (Å²) in [5.41, 5.74) is 4.06. The molecule has 112 valence electrons. The highest BCUT2D eigenvalue weighted by Gasteiger charge is 2.21. The number of anilines is 1. The Labute approximate surface area is 126 Å². The Hall–Kier alpha value is -1.66. The van der Waals surface area contributed by atoms with Crippen molar-refractivity contribution in [1.82, 2.24) is 5.43 Å². The number of carbonyl (C=O) groups is 1. The van der Waals surface area contributed by atoms with Gasteiger partial charge in [0.15, 0.2) is 0 Å². The molecule has 1 aromatic carbocycles. The van der Waals surface area contributed by atoms with E-state index in [4.69, 9.17) is 16.3 Å². The van der Waals surface area contributed by atoms with Crippen LogP contribution in [0, 0.1) is 5.82 Å². The van der Waals surface area contributed by atoms with Crippen LogP contribution >= 0.6 is 11.6 Å². The van der Waals surface area contributed by atoms with Crippen LogP contribution in [-0.2, 0) is 9.53 Å². The molecule has 2 aliphatic rings. The van der Waals surface area contributed by atoms with Gasteiger partial charge < -0.3 is 9.64 Å². The molecule has 1 amide bonds. The molecule has 3 rings (SSSR count). The first-order chi connectivity index (χ1) is 10.1. The normalized spacial score (nSPS) is 19.2. The van der Waals surface area contributed by atoms with Crippen LogP contribution in [0.2, 0.25) is 5.02 Å². The number of morpholine rings is 1. The summed E-state index contributed by atoms with van der Waals surface area (Å²) in [6.07, 6.45) is 0.835. The van der Waals surface area contributed by atoms with Crippen LogP contribution in [0.3, 0.4) is 0 Å². The maximum atomic E-state index is 14.4. The number of rotatable bonds is 2. The first-order valence-electron chi connectivity index (χ1n) is 6.82. The largest absolute Gasteiger partial charge is 0.378 e. The smallest absolute Gasteiger partial charge is 0.240 e. The number of carbonyl (C=O) groups excluding carboxylic acids is 1. The lowest BCUT2D eigenvalue weighted by Crippen LogP contribution is -2.37. The summed E-state index contributed by atoms with van der Waals surface area (Å²) in [6.45, 7) is 2.37. The molecule has 5 nitrogen and oxygen atoms in total. The quantitative estimate of drug-likeness (QED) is 0.908.